The summed E-state index contributed by atoms with van der Waals surface area (Å²) in [5.41, 5.74) is 1.21. The van der Waals surface area contributed by atoms with Crippen LogP contribution in [-0.2, 0) is 15.8 Å². The number of nitrogens with two attached hydrogens (primary N) is 1. The summed E-state index contributed by atoms with van der Waals surface area (Å²) in [7, 11) is -3.59. The Morgan fingerprint density at radius 2 is 1.76 bits per heavy atom. The number of rotatable bonds is 4. The topological polar surface area (TPSA) is 60.2 Å². The first-order chi connectivity index (χ1) is 10.0. The maximum absolute atomic E-state index is 11.2. The highest BCUT2D eigenvalue weighted by Gasteiger charge is 2.11. The summed E-state index contributed by atoms with van der Waals surface area (Å²) in [6.45, 7) is 0. The standard InChI is InChI=1S/C15H13NO2S3/c16-21(17,18)15-8-7-14(20-15)19-10-11-5-6-12-3-1-2-4-13(12)9-11/h1-9H,10H2,(H2,16,17,18). The van der Waals surface area contributed by atoms with E-state index < -0.39 is 10.0 Å². The Morgan fingerprint density at radius 3 is 2.48 bits per heavy atom. The van der Waals surface area contributed by atoms with E-state index in [0.717, 1.165) is 9.96 Å². The first-order valence-corrected chi connectivity index (χ1v) is 9.60. The van der Waals surface area contributed by atoms with Crippen molar-refractivity contribution >= 4 is 43.9 Å². The summed E-state index contributed by atoms with van der Waals surface area (Å²) in [6, 6.07) is 18.0. The molecule has 0 radical (unpaired) electrons. The summed E-state index contributed by atoms with van der Waals surface area (Å²) in [5, 5.41) is 7.55. The molecule has 1 aromatic heterocycles. The number of benzene rings is 2. The van der Waals surface area contributed by atoms with Gasteiger partial charge in [-0.2, -0.15) is 0 Å². The zero-order chi connectivity index (χ0) is 14.9. The summed E-state index contributed by atoms with van der Waals surface area (Å²) in [6.07, 6.45) is 0. The van der Waals surface area contributed by atoms with E-state index in [-0.39, 0.29) is 4.21 Å². The van der Waals surface area contributed by atoms with Crippen LogP contribution in [0.4, 0.5) is 0 Å². The smallest absolute Gasteiger partial charge is 0.224 e. The van der Waals surface area contributed by atoms with Crippen molar-refractivity contribution in [2.24, 2.45) is 5.14 Å². The van der Waals surface area contributed by atoms with E-state index in [1.807, 2.05) is 12.1 Å². The molecule has 0 bridgehead atoms. The molecule has 0 amide bonds. The molecule has 0 saturated carbocycles. The fourth-order valence-electron chi connectivity index (χ4n) is 2.02. The molecule has 6 heteroatoms. The van der Waals surface area contributed by atoms with Gasteiger partial charge in [0.25, 0.3) is 0 Å². The van der Waals surface area contributed by atoms with Gasteiger partial charge in [0, 0.05) is 5.75 Å². The molecular weight excluding hydrogens is 322 g/mol. The average Bonchev–Trinajstić information content (AvgIpc) is 2.94. The quantitative estimate of drug-likeness (QED) is 0.737. The Kier molecular flexibility index (Phi) is 4.03. The van der Waals surface area contributed by atoms with Crippen molar-refractivity contribution in [3.8, 4) is 0 Å². The van der Waals surface area contributed by atoms with Crippen LogP contribution >= 0.6 is 23.1 Å². The van der Waals surface area contributed by atoms with Gasteiger partial charge < -0.3 is 0 Å². The van der Waals surface area contributed by atoms with Crippen LogP contribution in [0.1, 0.15) is 5.56 Å². The summed E-state index contributed by atoms with van der Waals surface area (Å²) in [5.74, 6) is 0.801. The van der Waals surface area contributed by atoms with E-state index in [0.29, 0.717) is 0 Å². The number of fused-ring (bicyclic) bond motifs is 1. The van der Waals surface area contributed by atoms with Crippen molar-refractivity contribution in [3.63, 3.8) is 0 Å². The Labute approximate surface area is 131 Å². The molecule has 2 N–H and O–H groups in total. The second kappa shape index (κ2) is 5.81. The predicted molar refractivity (Wildman–Crippen MR) is 89.2 cm³/mol. The predicted octanol–water partition coefficient (Wildman–Crippen LogP) is 3.84. The molecule has 0 aliphatic heterocycles. The Balaban J connectivity index is 1.75. The van der Waals surface area contributed by atoms with Gasteiger partial charge in [0.1, 0.15) is 4.21 Å². The van der Waals surface area contributed by atoms with E-state index in [1.165, 1.54) is 27.7 Å². The largest absolute Gasteiger partial charge is 0.247 e. The Hall–Kier alpha value is -1.34. The highest BCUT2D eigenvalue weighted by Crippen LogP contribution is 2.32. The number of sulfonamides is 1. The molecular formula is C15H13NO2S3. The zero-order valence-electron chi connectivity index (χ0n) is 11.0. The lowest BCUT2D eigenvalue weighted by Gasteiger charge is -2.02. The van der Waals surface area contributed by atoms with Gasteiger partial charge in [0.15, 0.2) is 0 Å². The average molecular weight is 335 g/mol. The van der Waals surface area contributed by atoms with Crippen molar-refractivity contribution in [3.05, 3.63) is 60.2 Å². The molecule has 0 aliphatic rings. The van der Waals surface area contributed by atoms with Crippen molar-refractivity contribution < 1.29 is 8.42 Å². The van der Waals surface area contributed by atoms with E-state index in [1.54, 1.807) is 23.9 Å². The molecule has 0 aliphatic carbocycles. The molecule has 0 atom stereocenters. The van der Waals surface area contributed by atoms with Gasteiger partial charge in [-0.3, -0.25) is 0 Å². The molecule has 2 aromatic carbocycles. The molecule has 0 spiro atoms. The van der Waals surface area contributed by atoms with Crippen molar-refractivity contribution in [1.82, 2.24) is 0 Å². The second-order valence-corrected chi connectivity index (χ2v) is 8.74. The molecule has 21 heavy (non-hydrogen) atoms. The number of hydrogen-bond acceptors (Lipinski definition) is 4. The first-order valence-electron chi connectivity index (χ1n) is 6.25. The van der Waals surface area contributed by atoms with Crippen LogP contribution in [0.5, 0.6) is 0 Å². The zero-order valence-corrected chi connectivity index (χ0v) is 13.5. The van der Waals surface area contributed by atoms with Crippen LogP contribution in [0, 0.1) is 0 Å². The van der Waals surface area contributed by atoms with Gasteiger partial charge in [0.05, 0.1) is 4.21 Å². The van der Waals surface area contributed by atoms with Crippen molar-refractivity contribution in [2.45, 2.75) is 14.2 Å². The molecule has 3 aromatic rings. The minimum atomic E-state index is -3.59. The highest BCUT2D eigenvalue weighted by atomic mass is 32.3. The van der Waals surface area contributed by atoms with Crippen molar-refractivity contribution in [1.29, 1.82) is 0 Å². The lowest BCUT2D eigenvalue weighted by atomic mass is 10.1. The summed E-state index contributed by atoms with van der Waals surface area (Å²) >= 11 is 2.83. The first kappa shape index (κ1) is 14.6. The van der Waals surface area contributed by atoms with Crippen molar-refractivity contribution in [2.75, 3.05) is 0 Å². The fourth-order valence-corrected chi connectivity index (χ4v) is 4.97. The summed E-state index contributed by atoms with van der Waals surface area (Å²) < 4.78 is 23.7. The molecule has 0 saturated heterocycles. The Morgan fingerprint density at radius 1 is 1.00 bits per heavy atom. The third kappa shape index (κ3) is 3.47. The van der Waals surface area contributed by atoms with Crippen LogP contribution in [-0.4, -0.2) is 8.42 Å². The van der Waals surface area contributed by atoms with Gasteiger partial charge in [-0.1, -0.05) is 42.5 Å². The lowest BCUT2D eigenvalue weighted by Crippen LogP contribution is -2.09. The molecule has 0 unspecified atom stereocenters. The lowest BCUT2D eigenvalue weighted by molar-refractivity contribution is 0.600. The van der Waals surface area contributed by atoms with Gasteiger partial charge >= 0.3 is 0 Å². The van der Waals surface area contributed by atoms with Gasteiger partial charge in [-0.25, -0.2) is 13.6 Å². The number of thiophene rings is 1. The van der Waals surface area contributed by atoms with Crippen LogP contribution in [0.2, 0.25) is 0 Å². The third-order valence-electron chi connectivity index (χ3n) is 3.03. The van der Waals surface area contributed by atoms with Crippen LogP contribution in [0.25, 0.3) is 10.8 Å². The highest BCUT2D eigenvalue weighted by molar-refractivity contribution is 8.00. The van der Waals surface area contributed by atoms with E-state index in [2.05, 4.69) is 30.3 Å². The number of thioether (sulfide) groups is 1. The van der Waals surface area contributed by atoms with Crippen LogP contribution in [0.15, 0.2) is 63.0 Å². The van der Waals surface area contributed by atoms with E-state index in [9.17, 15) is 8.42 Å². The maximum Gasteiger partial charge on any atom is 0.247 e. The Bertz CT molecular complexity index is 885. The van der Waals surface area contributed by atoms with Crippen LogP contribution < -0.4 is 5.14 Å². The fraction of sp³-hybridized carbons (Fsp3) is 0.0667. The normalized spacial score (nSPS) is 11.9. The van der Waals surface area contributed by atoms with E-state index >= 15 is 0 Å². The molecule has 1 heterocycles. The number of hydrogen-bond donors (Lipinski definition) is 1. The molecule has 3 rings (SSSR count). The maximum atomic E-state index is 11.2. The molecule has 0 fully saturated rings. The molecule has 108 valence electrons. The van der Waals surface area contributed by atoms with E-state index in [4.69, 9.17) is 5.14 Å². The molecule has 3 nitrogen and oxygen atoms in total. The summed E-state index contributed by atoms with van der Waals surface area (Å²) in [4.78, 5) is 0. The van der Waals surface area contributed by atoms with Gasteiger partial charge in [-0.05, 0) is 28.5 Å². The van der Waals surface area contributed by atoms with Gasteiger partial charge in [-0.15, -0.1) is 23.1 Å². The minimum absolute atomic E-state index is 0.212. The number of primary sulfonamides is 1. The minimum Gasteiger partial charge on any atom is -0.224 e. The second-order valence-electron chi connectivity index (χ2n) is 4.59. The van der Waals surface area contributed by atoms with Gasteiger partial charge in [0.2, 0.25) is 10.0 Å². The van der Waals surface area contributed by atoms with Crippen LogP contribution in [0.3, 0.4) is 0 Å². The monoisotopic (exact) mass is 335 g/mol. The third-order valence-corrected chi connectivity index (χ3v) is 6.85. The SMILES string of the molecule is NS(=O)(=O)c1ccc(SCc2ccc3ccccc3c2)s1.